The van der Waals surface area contributed by atoms with Crippen molar-refractivity contribution in [2.24, 2.45) is 0 Å². The van der Waals surface area contributed by atoms with Crippen LogP contribution in [0.2, 0.25) is 0 Å². The zero-order valence-corrected chi connectivity index (χ0v) is 15.9. The molecule has 0 aliphatic rings. The minimum atomic E-state index is -1.56. The summed E-state index contributed by atoms with van der Waals surface area (Å²) in [4.78, 5) is 47.5. The highest BCUT2D eigenvalue weighted by Crippen LogP contribution is 2.14. The number of alkyl carbamates (subject to hydrolysis) is 1. The van der Waals surface area contributed by atoms with Crippen molar-refractivity contribution in [3.63, 3.8) is 0 Å². The number of carboxylic acids is 1. The first kappa shape index (κ1) is 22.5. The number of ketones is 1. The molecule has 0 aromatic heterocycles. The Balaban J connectivity index is 2.12. The predicted molar refractivity (Wildman–Crippen MR) is 104 cm³/mol. The molecule has 158 valence electrons. The van der Waals surface area contributed by atoms with Crippen molar-refractivity contribution in [2.75, 3.05) is 6.67 Å². The zero-order valence-electron chi connectivity index (χ0n) is 15.9. The van der Waals surface area contributed by atoms with Gasteiger partial charge >= 0.3 is 12.1 Å². The zero-order chi connectivity index (χ0) is 21.9. The van der Waals surface area contributed by atoms with E-state index in [1.807, 2.05) is 6.07 Å². The number of carbonyl (C=O) groups is 4. The SMILES string of the molecule is O=C(O)C[C@H](NC(=O)[C@@H](NC(=O)OCc1ccccc1)c1ccccc1)C(=O)CF. The van der Waals surface area contributed by atoms with Gasteiger partial charge in [-0.15, -0.1) is 0 Å². The molecule has 0 saturated carbocycles. The standard InChI is InChI=1S/C21H21FN2O6/c22-12-17(25)16(11-18(26)27)23-20(28)19(15-9-5-2-6-10-15)24-21(29)30-13-14-7-3-1-4-8-14/h1-10,16,19H,11-13H2,(H,23,28)(H,24,29)(H,26,27)/t16-,19-/m0/s1. The fourth-order valence-corrected chi connectivity index (χ4v) is 2.60. The number of Topliss-reactive ketones (excluding diaryl/α,β-unsaturated/α-hetero) is 1. The van der Waals surface area contributed by atoms with Gasteiger partial charge in [0.15, 0.2) is 5.78 Å². The van der Waals surface area contributed by atoms with E-state index in [1.54, 1.807) is 54.6 Å². The molecule has 0 aliphatic heterocycles. The monoisotopic (exact) mass is 416 g/mol. The number of aliphatic carboxylic acids is 1. The normalized spacial score (nSPS) is 12.3. The number of carbonyl (C=O) groups excluding carboxylic acids is 3. The van der Waals surface area contributed by atoms with Gasteiger partial charge in [0, 0.05) is 0 Å². The molecule has 0 radical (unpaired) electrons. The second-order valence-corrected chi connectivity index (χ2v) is 6.31. The lowest BCUT2D eigenvalue weighted by Crippen LogP contribution is -2.48. The van der Waals surface area contributed by atoms with Crippen LogP contribution in [-0.2, 0) is 25.7 Å². The predicted octanol–water partition coefficient (Wildman–Crippen LogP) is 2.15. The van der Waals surface area contributed by atoms with Gasteiger partial charge in [-0.05, 0) is 11.1 Å². The van der Waals surface area contributed by atoms with E-state index < -0.39 is 48.9 Å². The average molecular weight is 416 g/mol. The first-order valence-electron chi connectivity index (χ1n) is 9.03. The second kappa shape index (κ2) is 11.3. The quantitative estimate of drug-likeness (QED) is 0.546. The molecule has 9 heteroatoms. The molecule has 0 heterocycles. The van der Waals surface area contributed by atoms with Crippen molar-refractivity contribution in [2.45, 2.75) is 25.1 Å². The van der Waals surface area contributed by atoms with Gasteiger partial charge in [0.05, 0.1) is 6.42 Å². The third-order valence-corrected chi connectivity index (χ3v) is 4.09. The van der Waals surface area contributed by atoms with E-state index in [9.17, 15) is 23.6 Å². The summed E-state index contributed by atoms with van der Waals surface area (Å²) in [7, 11) is 0. The van der Waals surface area contributed by atoms with Gasteiger partial charge in [0.1, 0.15) is 25.4 Å². The van der Waals surface area contributed by atoms with E-state index in [0.717, 1.165) is 5.56 Å². The average Bonchev–Trinajstić information content (AvgIpc) is 2.76. The number of alkyl halides is 1. The summed E-state index contributed by atoms with van der Waals surface area (Å²) in [5.74, 6) is -3.33. The van der Waals surface area contributed by atoms with Crippen LogP contribution in [0.1, 0.15) is 23.6 Å². The number of halogens is 1. The molecule has 8 nitrogen and oxygen atoms in total. The van der Waals surface area contributed by atoms with Gasteiger partial charge in [-0.2, -0.15) is 0 Å². The van der Waals surface area contributed by atoms with E-state index in [1.165, 1.54) is 0 Å². The van der Waals surface area contributed by atoms with Crippen molar-refractivity contribution in [1.29, 1.82) is 0 Å². The van der Waals surface area contributed by atoms with Crippen LogP contribution in [0, 0.1) is 0 Å². The maximum atomic E-state index is 12.7. The summed E-state index contributed by atoms with van der Waals surface area (Å²) < 4.78 is 17.9. The Labute approximate surface area is 172 Å². The summed E-state index contributed by atoms with van der Waals surface area (Å²) in [6, 6.07) is 14.1. The first-order valence-corrected chi connectivity index (χ1v) is 9.03. The maximum absolute atomic E-state index is 12.7. The Morgan fingerprint density at radius 3 is 2.10 bits per heavy atom. The van der Waals surface area contributed by atoms with Gasteiger partial charge < -0.3 is 20.5 Å². The molecule has 2 atom stereocenters. The number of benzene rings is 2. The minimum Gasteiger partial charge on any atom is -0.481 e. The van der Waals surface area contributed by atoms with Crippen LogP contribution in [-0.4, -0.2) is 41.6 Å². The molecule has 0 fully saturated rings. The second-order valence-electron chi connectivity index (χ2n) is 6.31. The molecule has 0 aliphatic carbocycles. The van der Waals surface area contributed by atoms with Crippen LogP contribution < -0.4 is 10.6 Å². The van der Waals surface area contributed by atoms with Crippen LogP contribution >= 0.6 is 0 Å². The Kier molecular flexibility index (Phi) is 8.49. The van der Waals surface area contributed by atoms with E-state index in [4.69, 9.17) is 9.84 Å². The van der Waals surface area contributed by atoms with E-state index in [2.05, 4.69) is 10.6 Å². The largest absolute Gasteiger partial charge is 0.481 e. The topological polar surface area (TPSA) is 122 Å². The molecule has 2 amide bonds. The molecule has 0 spiro atoms. The molecule has 3 N–H and O–H groups in total. The van der Waals surface area contributed by atoms with Gasteiger partial charge in [-0.1, -0.05) is 60.7 Å². The highest BCUT2D eigenvalue weighted by molar-refractivity contribution is 5.95. The Bertz CT molecular complexity index is 876. The molecular weight excluding hydrogens is 395 g/mol. The highest BCUT2D eigenvalue weighted by atomic mass is 19.1. The van der Waals surface area contributed by atoms with Crippen molar-refractivity contribution in [1.82, 2.24) is 10.6 Å². The van der Waals surface area contributed by atoms with E-state index in [-0.39, 0.29) is 6.61 Å². The number of nitrogens with one attached hydrogen (secondary N) is 2. The number of carboxylic acid groups (broad SMARTS) is 1. The first-order chi connectivity index (χ1) is 14.4. The number of ether oxygens (including phenoxy) is 1. The van der Waals surface area contributed by atoms with Crippen LogP contribution in [0.25, 0.3) is 0 Å². The smallest absolute Gasteiger partial charge is 0.408 e. The number of hydrogen-bond donors (Lipinski definition) is 3. The van der Waals surface area contributed by atoms with Crippen LogP contribution in [0.15, 0.2) is 60.7 Å². The highest BCUT2D eigenvalue weighted by Gasteiger charge is 2.29. The lowest BCUT2D eigenvalue weighted by atomic mass is 10.0. The van der Waals surface area contributed by atoms with Gasteiger partial charge in [-0.3, -0.25) is 14.4 Å². The molecule has 0 saturated heterocycles. The summed E-state index contributed by atoms with van der Waals surface area (Å²) in [6.07, 6.45) is -1.68. The van der Waals surface area contributed by atoms with Crippen LogP contribution in [0.4, 0.5) is 9.18 Å². The van der Waals surface area contributed by atoms with Crippen LogP contribution in [0.3, 0.4) is 0 Å². The molecule has 0 unspecified atom stereocenters. The molecular formula is C21H21FN2O6. The molecule has 2 rings (SSSR count). The molecule has 0 bridgehead atoms. The summed E-state index contributed by atoms with van der Waals surface area (Å²) in [5.41, 5.74) is 1.11. The van der Waals surface area contributed by atoms with Crippen molar-refractivity contribution < 1.29 is 33.4 Å². The van der Waals surface area contributed by atoms with Gasteiger partial charge in [-0.25, -0.2) is 9.18 Å². The lowest BCUT2D eigenvalue weighted by molar-refractivity contribution is -0.140. The fourth-order valence-electron chi connectivity index (χ4n) is 2.60. The van der Waals surface area contributed by atoms with Crippen molar-refractivity contribution in [3.8, 4) is 0 Å². The van der Waals surface area contributed by atoms with Crippen LogP contribution in [0.5, 0.6) is 0 Å². The third-order valence-electron chi connectivity index (χ3n) is 4.09. The van der Waals surface area contributed by atoms with Crippen molar-refractivity contribution >= 4 is 23.8 Å². The van der Waals surface area contributed by atoms with Gasteiger partial charge in [0.25, 0.3) is 0 Å². The lowest BCUT2D eigenvalue weighted by Gasteiger charge is -2.22. The minimum absolute atomic E-state index is 0.0300. The molecule has 2 aromatic rings. The molecule has 2 aromatic carbocycles. The fraction of sp³-hybridized carbons (Fsp3) is 0.238. The van der Waals surface area contributed by atoms with Crippen molar-refractivity contribution in [3.05, 3.63) is 71.8 Å². The summed E-state index contributed by atoms with van der Waals surface area (Å²) in [6.45, 7) is -1.46. The van der Waals surface area contributed by atoms with Gasteiger partial charge in [0.2, 0.25) is 5.91 Å². The molecule has 30 heavy (non-hydrogen) atoms. The van der Waals surface area contributed by atoms with E-state index in [0.29, 0.717) is 5.56 Å². The third kappa shape index (κ3) is 7.01. The Hall–Kier alpha value is -3.75. The maximum Gasteiger partial charge on any atom is 0.408 e. The summed E-state index contributed by atoms with van der Waals surface area (Å²) >= 11 is 0. The van der Waals surface area contributed by atoms with E-state index >= 15 is 0 Å². The number of amides is 2. The Morgan fingerprint density at radius 2 is 1.53 bits per heavy atom. The number of hydrogen-bond acceptors (Lipinski definition) is 5. The summed E-state index contributed by atoms with van der Waals surface area (Å²) in [5, 5.41) is 13.5. The number of rotatable bonds is 10. The Morgan fingerprint density at radius 1 is 0.933 bits per heavy atom.